The van der Waals surface area contributed by atoms with E-state index in [4.69, 9.17) is 0 Å². The summed E-state index contributed by atoms with van der Waals surface area (Å²) >= 11 is 0. The molecule has 2 heteroatoms. The highest BCUT2D eigenvalue weighted by atomic mass is 16.3. The second-order valence-corrected chi connectivity index (χ2v) is 3.94. The van der Waals surface area contributed by atoms with Crippen LogP contribution in [0.15, 0.2) is 24.3 Å². The number of hydrogen-bond acceptors (Lipinski definition) is 2. The van der Waals surface area contributed by atoms with E-state index < -0.39 is 6.10 Å². The minimum absolute atomic E-state index is 0.334. The van der Waals surface area contributed by atoms with Gasteiger partial charge in [-0.2, -0.15) is 0 Å². The van der Waals surface area contributed by atoms with Crippen LogP contribution in [0.4, 0.5) is 0 Å². The fraction of sp³-hybridized carbons (Fsp3) is 0.500. The van der Waals surface area contributed by atoms with E-state index in [0.717, 1.165) is 5.56 Å². The van der Waals surface area contributed by atoms with Crippen molar-refractivity contribution in [3.05, 3.63) is 35.4 Å². The van der Waals surface area contributed by atoms with Gasteiger partial charge in [0.25, 0.3) is 0 Å². The Bertz CT molecular complexity index is 294. The Hall–Kier alpha value is -0.860. The minimum atomic E-state index is -0.395. The van der Waals surface area contributed by atoms with Gasteiger partial charge in [-0.25, -0.2) is 0 Å². The maximum absolute atomic E-state index is 9.62. The van der Waals surface area contributed by atoms with Crippen LogP contribution >= 0.6 is 0 Å². The number of aliphatic hydroxyl groups excluding tert-OH is 1. The van der Waals surface area contributed by atoms with E-state index >= 15 is 0 Å². The Morgan fingerprint density at radius 1 is 1.07 bits per heavy atom. The van der Waals surface area contributed by atoms with Gasteiger partial charge in [0.1, 0.15) is 0 Å². The molecule has 0 aromatic heterocycles. The van der Waals surface area contributed by atoms with Crippen LogP contribution in [0.1, 0.15) is 37.1 Å². The van der Waals surface area contributed by atoms with Gasteiger partial charge < -0.3 is 10.0 Å². The van der Waals surface area contributed by atoms with E-state index in [1.807, 2.05) is 32.3 Å². The van der Waals surface area contributed by atoms with Gasteiger partial charge in [-0.05, 0) is 39.1 Å². The third kappa shape index (κ3) is 2.34. The predicted molar refractivity (Wildman–Crippen MR) is 59.2 cm³/mol. The second-order valence-electron chi connectivity index (χ2n) is 3.94. The number of benzene rings is 1. The maximum atomic E-state index is 9.62. The molecule has 0 amide bonds. The molecule has 0 aliphatic carbocycles. The van der Waals surface area contributed by atoms with E-state index in [0.29, 0.717) is 6.04 Å². The van der Waals surface area contributed by atoms with E-state index in [9.17, 15) is 5.11 Å². The van der Waals surface area contributed by atoms with Crippen LogP contribution < -0.4 is 0 Å². The smallest absolute Gasteiger partial charge is 0.0765 e. The summed E-state index contributed by atoms with van der Waals surface area (Å²) in [6, 6.07) is 8.38. The van der Waals surface area contributed by atoms with Crippen molar-refractivity contribution in [2.75, 3.05) is 14.1 Å². The summed E-state index contributed by atoms with van der Waals surface area (Å²) in [5.41, 5.74) is 2.22. The monoisotopic (exact) mass is 193 g/mol. The zero-order chi connectivity index (χ0) is 10.7. The molecule has 0 unspecified atom stereocenters. The molecule has 2 nitrogen and oxygen atoms in total. The molecule has 1 N–H and O–H groups in total. The standard InChI is InChI=1S/C12H19NO/c1-9(13(3)4)11-7-5-6-8-12(11)10(2)14/h5-10,14H,1-4H3/t9-,10-/m1/s1. The Kier molecular flexibility index (Phi) is 3.67. The summed E-state index contributed by atoms with van der Waals surface area (Å²) in [6.07, 6.45) is -0.395. The Labute approximate surface area is 86.2 Å². The molecule has 0 bridgehead atoms. The molecule has 0 heterocycles. The van der Waals surface area contributed by atoms with Crippen molar-refractivity contribution >= 4 is 0 Å². The normalized spacial score (nSPS) is 15.6. The number of nitrogens with zero attached hydrogens (tertiary/aromatic N) is 1. The first-order chi connectivity index (χ1) is 6.54. The average molecular weight is 193 g/mol. The summed E-state index contributed by atoms with van der Waals surface area (Å²) < 4.78 is 0. The third-order valence-corrected chi connectivity index (χ3v) is 2.67. The molecule has 1 aromatic carbocycles. The zero-order valence-electron chi connectivity index (χ0n) is 9.36. The highest BCUT2D eigenvalue weighted by Crippen LogP contribution is 2.25. The van der Waals surface area contributed by atoms with Gasteiger partial charge in [-0.1, -0.05) is 24.3 Å². The lowest BCUT2D eigenvalue weighted by Crippen LogP contribution is -2.18. The molecule has 0 spiro atoms. The molecular formula is C12H19NO. The van der Waals surface area contributed by atoms with E-state index in [1.165, 1.54) is 5.56 Å². The Morgan fingerprint density at radius 2 is 1.57 bits per heavy atom. The molecular weight excluding hydrogens is 174 g/mol. The lowest BCUT2D eigenvalue weighted by atomic mass is 9.97. The van der Waals surface area contributed by atoms with Gasteiger partial charge in [0, 0.05) is 6.04 Å². The van der Waals surface area contributed by atoms with Crippen LogP contribution in [0.5, 0.6) is 0 Å². The second kappa shape index (κ2) is 4.58. The Morgan fingerprint density at radius 3 is 2.00 bits per heavy atom. The number of hydrogen-bond donors (Lipinski definition) is 1. The minimum Gasteiger partial charge on any atom is -0.389 e. The van der Waals surface area contributed by atoms with Gasteiger partial charge in [0.05, 0.1) is 6.10 Å². The van der Waals surface area contributed by atoms with Crippen LogP contribution in [0.25, 0.3) is 0 Å². The SMILES string of the molecule is C[C@H](c1ccccc1[C@@H](C)O)N(C)C. The number of rotatable bonds is 3. The first kappa shape index (κ1) is 11.2. The fourth-order valence-electron chi connectivity index (χ4n) is 1.55. The highest BCUT2D eigenvalue weighted by molar-refractivity contribution is 5.31. The van der Waals surface area contributed by atoms with Crippen molar-refractivity contribution in [2.24, 2.45) is 0 Å². The van der Waals surface area contributed by atoms with Crippen LogP contribution in [0.3, 0.4) is 0 Å². The van der Waals surface area contributed by atoms with Gasteiger partial charge >= 0.3 is 0 Å². The van der Waals surface area contributed by atoms with Crippen LogP contribution in [0.2, 0.25) is 0 Å². The molecule has 2 atom stereocenters. The number of aliphatic hydroxyl groups is 1. The quantitative estimate of drug-likeness (QED) is 0.796. The van der Waals surface area contributed by atoms with Crippen molar-refractivity contribution < 1.29 is 5.11 Å². The molecule has 0 saturated heterocycles. The maximum Gasteiger partial charge on any atom is 0.0765 e. The van der Waals surface area contributed by atoms with Crippen LogP contribution in [-0.4, -0.2) is 24.1 Å². The molecule has 14 heavy (non-hydrogen) atoms. The van der Waals surface area contributed by atoms with Crippen molar-refractivity contribution in [1.82, 2.24) is 4.90 Å². The summed E-state index contributed by atoms with van der Waals surface area (Å²) in [4.78, 5) is 2.14. The van der Waals surface area contributed by atoms with Crippen molar-refractivity contribution in [2.45, 2.75) is 26.0 Å². The van der Waals surface area contributed by atoms with Crippen molar-refractivity contribution in [3.63, 3.8) is 0 Å². The first-order valence-corrected chi connectivity index (χ1v) is 4.97. The average Bonchev–Trinajstić information content (AvgIpc) is 2.16. The van der Waals surface area contributed by atoms with Crippen LogP contribution in [-0.2, 0) is 0 Å². The molecule has 1 rings (SSSR count). The molecule has 0 saturated carbocycles. The molecule has 0 aliphatic rings. The molecule has 0 radical (unpaired) electrons. The lowest BCUT2D eigenvalue weighted by molar-refractivity contribution is 0.195. The molecule has 78 valence electrons. The van der Waals surface area contributed by atoms with E-state index in [1.54, 1.807) is 6.92 Å². The van der Waals surface area contributed by atoms with E-state index in [2.05, 4.69) is 17.9 Å². The summed E-state index contributed by atoms with van der Waals surface area (Å²) in [5.74, 6) is 0. The Balaban J connectivity index is 3.06. The lowest BCUT2D eigenvalue weighted by Gasteiger charge is -2.23. The van der Waals surface area contributed by atoms with E-state index in [-0.39, 0.29) is 0 Å². The summed E-state index contributed by atoms with van der Waals surface area (Å²) in [6.45, 7) is 3.95. The fourth-order valence-corrected chi connectivity index (χ4v) is 1.55. The molecule has 1 aromatic rings. The topological polar surface area (TPSA) is 23.5 Å². The zero-order valence-corrected chi connectivity index (χ0v) is 9.36. The van der Waals surface area contributed by atoms with Crippen molar-refractivity contribution in [3.8, 4) is 0 Å². The molecule has 0 fully saturated rings. The summed E-state index contributed by atoms with van der Waals surface area (Å²) in [5, 5.41) is 9.62. The first-order valence-electron chi connectivity index (χ1n) is 4.97. The van der Waals surface area contributed by atoms with Gasteiger partial charge in [-0.3, -0.25) is 0 Å². The van der Waals surface area contributed by atoms with Gasteiger partial charge in [-0.15, -0.1) is 0 Å². The van der Waals surface area contributed by atoms with Gasteiger partial charge in [0.2, 0.25) is 0 Å². The van der Waals surface area contributed by atoms with Gasteiger partial charge in [0.15, 0.2) is 0 Å². The van der Waals surface area contributed by atoms with Crippen molar-refractivity contribution in [1.29, 1.82) is 0 Å². The molecule has 0 aliphatic heterocycles. The summed E-state index contributed by atoms with van der Waals surface area (Å²) in [7, 11) is 4.09. The highest BCUT2D eigenvalue weighted by Gasteiger charge is 2.14. The predicted octanol–water partition coefficient (Wildman–Crippen LogP) is 2.36. The largest absolute Gasteiger partial charge is 0.389 e. The third-order valence-electron chi connectivity index (χ3n) is 2.67. The van der Waals surface area contributed by atoms with Crippen LogP contribution in [0, 0.1) is 0 Å².